The maximum atomic E-state index is 6.14. The molecule has 2 N–H and O–H groups in total. The molecule has 0 saturated heterocycles. The first-order chi connectivity index (χ1) is 10.2. The molecule has 5 heteroatoms. The van der Waals surface area contributed by atoms with Gasteiger partial charge in [0.05, 0.1) is 18.5 Å². The summed E-state index contributed by atoms with van der Waals surface area (Å²) in [7, 11) is 3.61. The van der Waals surface area contributed by atoms with Gasteiger partial charge in [-0.05, 0) is 24.3 Å². The van der Waals surface area contributed by atoms with Crippen molar-refractivity contribution in [2.45, 2.75) is 0 Å². The van der Waals surface area contributed by atoms with E-state index in [1.807, 2.05) is 48.3 Å². The molecule has 2 aromatic rings. The van der Waals surface area contributed by atoms with Gasteiger partial charge >= 0.3 is 0 Å². The van der Waals surface area contributed by atoms with Gasteiger partial charge in [0.25, 0.3) is 0 Å². The van der Waals surface area contributed by atoms with Crippen LogP contribution < -0.4 is 24.8 Å². The molecule has 1 aliphatic rings. The molecule has 1 aliphatic heterocycles. The molecule has 110 valence electrons. The Kier molecular flexibility index (Phi) is 3.48. The SMILES string of the molecule is COc1ccc(N(C)c2cc3c(cc2N)OCCO3)cc1. The molecular formula is C16H18N2O3. The van der Waals surface area contributed by atoms with Gasteiger partial charge in [0.15, 0.2) is 11.5 Å². The van der Waals surface area contributed by atoms with E-state index in [1.54, 1.807) is 7.11 Å². The van der Waals surface area contributed by atoms with Crippen molar-refractivity contribution < 1.29 is 14.2 Å². The molecule has 21 heavy (non-hydrogen) atoms. The highest BCUT2D eigenvalue weighted by Gasteiger charge is 2.17. The predicted molar refractivity (Wildman–Crippen MR) is 82.9 cm³/mol. The van der Waals surface area contributed by atoms with Crippen LogP contribution in [-0.4, -0.2) is 27.4 Å². The van der Waals surface area contributed by atoms with Crippen LogP contribution in [0, 0.1) is 0 Å². The standard InChI is InChI=1S/C16H18N2O3/c1-18(11-3-5-12(19-2)6-4-11)14-10-16-15(9-13(14)17)20-7-8-21-16/h3-6,9-10H,7-8,17H2,1-2H3. The van der Waals surface area contributed by atoms with E-state index in [-0.39, 0.29) is 0 Å². The van der Waals surface area contributed by atoms with E-state index in [0.29, 0.717) is 24.7 Å². The first-order valence-corrected chi connectivity index (χ1v) is 6.76. The fourth-order valence-electron chi connectivity index (χ4n) is 2.33. The average Bonchev–Trinajstić information content (AvgIpc) is 2.53. The zero-order valence-corrected chi connectivity index (χ0v) is 12.1. The van der Waals surface area contributed by atoms with Gasteiger partial charge in [-0.25, -0.2) is 0 Å². The lowest BCUT2D eigenvalue weighted by Gasteiger charge is -2.25. The summed E-state index contributed by atoms with van der Waals surface area (Å²) in [5, 5.41) is 0. The van der Waals surface area contributed by atoms with Crippen LogP contribution in [0.15, 0.2) is 36.4 Å². The number of ether oxygens (including phenoxy) is 3. The third kappa shape index (κ3) is 2.54. The number of benzene rings is 2. The number of nitrogen functional groups attached to an aromatic ring is 1. The van der Waals surface area contributed by atoms with Crippen molar-refractivity contribution in [3.8, 4) is 17.2 Å². The molecule has 1 heterocycles. The largest absolute Gasteiger partial charge is 0.497 e. The Hall–Kier alpha value is -2.56. The van der Waals surface area contributed by atoms with Gasteiger partial charge in [-0.1, -0.05) is 0 Å². The van der Waals surface area contributed by atoms with Crippen LogP contribution in [0.3, 0.4) is 0 Å². The highest BCUT2D eigenvalue weighted by atomic mass is 16.6. The summed E-state index contributed by atoms with van der Waals surface area (Å²) in [6.45, 7) is 1.11. The molecule has 0 radical (unpaired) electrons. The van der Waals surface area contributed by atoms with Crippen LogP contribution in [0.1, 0.15) is 0 Å². The molecule has 3 rings (SSSR count). The summed E-state index contributed by atoms with van der Waals surface area (Å²) >= 11 is 0. The third-order valence-corrected chi connectivity index (χ3v) is 3.51. The first kappa shape index (κ1) is 13.4. The summed E-state index contributed by atoms with van der Waals surface area (Å²) in [6.07, 6.45) is 0. The minimum atomic E-state index is 0.556. The summed E-state index contributed by atoms with van der Waals surface area (Å²) in [6, 6.07) is 11.5. The molecule has 0 saturated carbocycles. The number of nitrogens with two attached hydrogens (primary N) is 1. The minimum Gasteiger partial charge on any atom is -0.497 e. The fraction of sp³-hybridized carbons (Fsp3) is 0.250. The predicted octanol–water partition coefficient (Wildman–Crippen LogP) is 2.82. The van der Waals surface area contributed by atoms with Gasteiger partial charge in [0, 0.05) is 24.9 Å². The maximum Gasteiger partial charge on any atom is 0.163 e. The highest BCUT2D eigenvalue weighted by molar-refractivity contribution is 5.78. The third-order valence-electron chi connectivity index (χ3n) is 3.51. The molecule has 0 atom stereocenters. The topological polar surface area (TPSA) is 57.0 Å². The lowest BCUT2D eigenvalue weighted by Crippen LogP contribution is -2.17. The Balaban J connectivity index is 1.94. The Bertz CT molecular complexity index is 641. The van der Waals surface area contributed by atoms with Gasteiger partial charge < -0.3 is 24.8 Å². The molecular weight excluding hydrogens is 268 g/mol. The zero-order valence-electron chi connectivity index (χ0n) is 12.1. The van der Waals surface area contributed by atoms with Crippen LogP contribution >= 0.6 is 0 Å². The summed E-state index contributed by atoms with van der Waals surface area (Å²) in [5.41, 5.74) is 8.68. The van der Waals surface area contributed by atoms with Crippen LogP contribution in [0.4, 0.5) is 17.1 Å². The van der Waals surface area contributed by atoms with E-state index in [9.17, 15) is 0 Å². The number of hydrogen-bond acceptors (Lipinski definition) is 5. The number of nitrogens with zero attached hydrogens (tertiary/aromatic N) is 1. The van der Waals surface area contributed by atoms with Crippen LogP contribution in [-0.2, 0) is 0 Å². The number of hydrogen-bond donors (Lipinski definition) is 1. The molecule has 0 spiro atoms. The number of methoxy groups -OCH3 is 1. The van der Waals surface area contributed by atoms with Crippen molar-refractivity contribution in [1.82, 2.24) is 0 Å². The summed E-state index contributed by atoms with van der Waals surface area (Å²) < 4.78 is 16.3. The smallest absolute Gasteiger partial charge is 0.163 e. The zero-order chi connectivity index (χ0) is 14.8. The number of rotatable bonds is 3. The fourth-order valence-corrected chi connectivity index (χ4v) is 2.33. The molecule has 0 aliphatic carbocycles. The minimum absolute atomic E-state index is 0.556. The molecule has 0 unspecified atom stereocenters. The molecule has 0 fully saturated rings. The van der Waals surface area contributed by atoms with Gasteiger partial charge in [0.1, 0.15) is 19.0 Å². The Morgan fingerprint density at radius 3 is 2.29 bits per heavy atom. The monoisotopic (exact) mass is 286 g/mol. The van der Waals surface area contributed by atoms with Crippen molar-refractivity contribution in [3.63, 3.8) is 0 Å². The van der Waals surface area contributed by atoms with Crippen LogP contribution in [0.5, 0.6) is 17.2 Å². The lowest BCUT2D eigenvalue weighted by molar-refractivity contribution is 0.172. The molecule has 0 amide bonds. The maximum absolute atomic E-state index is 6.14. The van der Waals surface area contributed by atoms with E-state index in [4.69, 9.17) is 19.9 Å². The second kappa shape index (κ2) is 5.44. The van der Waals surface area contributed by atoms with Crippen molar-refractivity contribution in [2.24, 2.45) is 0 Å². The summed E-state index contributed by atoms with van der Waals surface area (Å²) in [5.74, 6) is 2.25. The second-order valence-electron chi connectivity index (χ2n) is 4.81. The number of fused-ring (bicyclic) bond motifs is 1. The Labute approximate surface area is 123 Å². The quantitative estimate of drug-likeness (QED) is 0.879. The van der Waals surface area contributed by atoms with E-state index >= 15 is 0 Å². The molecule has 0 bridgehead atoms. The van der Waals surface area contributed by atoms with Crippen molar-refractivity contribution in [2.75, 3.05) is 38.0 Å². The summed E-state index contributed by atoms with van der Waals surface area (Å²) in [4.78, 5) is 2.01. The molecule has 5 nitrogen and oxygen atoms in total. The lowest BCUT2D eigenvalue weighted by atomic mass is 10.2. The van der Waals surface area contributed by atoms with E-state index in [2.05, 4.69) is 0 Å². The highest BCUT2D eigenvalue weighted by Crippen LogP contribution is 2.40. The second-order valence-corrected chi connectivity index (χ2v) is 4.81. The van der Waals surface area contributed by atoms with Crippen molar-refractivity contribution in [3.05, 3.63) is 36.4 Å². The average molecular weight is 286 g/mol. The number of anilines is 3. The van der Waals surface area contributed by atoms with E-state index < -0.39 is 0 Å². The van der Waals surface area contributed by atoms with Gasteiger partial charge in [0.2, 0.25) is 0 Å². The van der Waals surface area contributed by atoms with Gasteiger partial charge in [-0.2, -0.15) is 0 Å². The van der Waals surface area contributed by atoms with Gasteiger partial charge in [-0.3, -0.25) is 0 Å². The van der Waals surface area contributed by atoms with Crippen molar-refractivity contribution >= 4 is 17.1 Å². The molecule has 2 aromatic carbocycles. The van der Waals surface area contributed by atoms with Crippen LogP contribution in [0.2, 0.25) is 0 Å². The Morgan fingerprint density at radius 2 is 1.67 bits per heavy atom. The van der Waals surface area contributed by atoms with Gasteiger partial charge in [-0.15, -0.1) is 0 Å². The van der Waals surface area contributed by atoms with Crippen molar-refractivity contribution in [1.29, 1.82) is 0 Å². The van der Waals surface area contributed by atoms with Crippen LogP contribution in [0.25, 0.3) is 0 Å². The molecule has 0 aromatic heterocycles. The normalized spacial score (nSPS) is 12.9. The van der Waals surface area contributed by atoms with E-state index in [0.717, 1.165) is 22.9 Å². The first-order valence-electron chi connectivity index (χ1n) is 6.76. The Morgan fingerprint density at radius 1 is 1.05 bits per heavy atom. The van der Waals surface area contributed by atoms with E-state index in [1.165, 1.54) is 0 Å².